The van der Waals surface area contributed by atoms with Gasteiger partial charge in [0.15, 0.2) is 23.3 Å². The molecule has 102 valence electrons. The number of halogens is 4. The predicted octanol–water partition coefficient (Wildman–Crippen LogP) is 1.16. The van der Waals surface area contributed by atoms with Crippen molar-refractivity contribution in [2.75, 3.05) is 4.90 Å². The fourth-order valence-corrected chi connectivity index (χ4v) is 1.85. The number of fused-ring (bicyclic) bond motifs is 1. The number of rotatable bonds is 1. The number of imide groups is 1. The first kappa shape index (κ1) is 12.3. The molecule has 1 aromatic carbocycles. The van der Waals surface area contributed by atoms with Crippen LogP contribution in [0.1, 0.15) is 20.7 Å². The third-order valence-corrected chi connectivity index (χ3v) is 2.72. The lowest BCUT2D eigenvalue weighted by Crippen LogP contribution is -2.30. The lowest BCUT2D eigenvalue weighted by atomic mass is 10.1. The maximum Gasteiger partial charge on any atom is 0.271 e. The van der Waals surface area contributed by atoms with Crippen LogP contribution in [0, 0.1) is 23.3 Å². The molecule has 0 spiro atoms. The van der Waals surface area contributed by atoms with Crippen molar-refractivity contribution in [2.45, 2.75) is 0 Å². The number of carbonyl (C=O) groups is 2. The fourth-order valence-electron chi connectivity index (χ4n) is 1.85. The molecule has 1 aliphatic heterocycles. The number of nitrogens with zero attached hydrogens (tertiary/aromatic N) is 3. The van der Waals surface area contributed by atoms with Gasteiger partial charge in [0.05, 0.1) is 11.1 Å². The molecular formula is C10H2F4N4O2. The molecule has 2 aromatic rings. The molecule has 20 heavy (non-hydrogen) atoms. The van der Waals surface area contributed by atoms with E-state index in [0.717, 1.165) is 6.33 Å². The van der Waals surface area contributed by atoms with Crippen molar-refractivity contribution in [3.05, 3.63) is 40.7 Å². The number of H-pyrrole nitrogens is 1. The number of hydrogen-bond donors (Lipinski definition) is 1. The van der Waals surface area contributed by atoms with Gasteiger partial charge in [0, 0.05) is 0 Å². The Labute approximate surface area is 107 Å². The van der Waals surface area contributed by atoms with Crippen LogP contribution >= 0.6 is 0 Å². The van der Waals surface area contributed by atoms with E-state index in [-0.39, 0.29) is 4.90 Å². The van der Waals surface area contributed by atoms with Crippen molar-refractivity contribution in [3.8, 4) is 0 Å². The molecule has 0 fully saturated rings. The first-order valence-corrected chi connectivity index (χ1v) is 5.05. The van der Waals surface area contributed by atoms with Crippen LogP contribution in [0.2, 0.25) is 0 Å². The van der Waals surface area contributed by atoms with E-state index in [4.69, 9.17) is 0 Å². The van der Waals surface area contributed by atoms with Gasteiger partial charge in [-0.15, -0.1) is 0 Å². The second-order valence-corrected chi connectivity index (χ2v) is 3.76. The molecule has 1 N–H and O–H groups in total. The van der Waals surface area contributed by atoms with Crippen molar-refractivity contribution in [1.82, 2.24) is 15.2 Å². The molecule has 1 aromatic heterocycles. The van der Waals surface area contributed by atoms with Crippen molar-refractivity contribution in [3.63, 3.8) is 0 Å². The Bertz CT molecular complexity index is 712. The molecule has 0 atom stereocenters. The molecule has 10 heteroatoms. The van der Waals surface area contributed by atoms with E-state index in [2.05, 4.69) is 15.2 Å². The van der Waals surface area contributed by atoms with E-state index >= 15 is 0 Å². The molecule has 1 aliphatic rings. The SMILES string of the molecule is O=C1c2c(F)c(F)c(F)c(F)c2C(=O)N1c1ncn[nH]1. The Balaban J connectivity index is 2.30. The molecule has 0 unspecified atom stereocenters. The van der Waals surface area contributed by atoms with Crippen LogP contribution in [0.25, 0.3) is 0 Å². The average molecular weight is 286 g/mol. The van der Waals surface area contributed by atoms with Gasteiger partial charge in [-0.3, -0.25) is 9.59 Å². The molecule has 0 saturated heterocycles. The summed E-state index contributed by atoms with van der Waals surface area (Å²) in [6.07, 6.45) is 0.937. The quantitative estimate of drug-likeness (QED) is 0.369. The Hall–Kier alpha value is -2.78. The van der Waals surface area contributed by atoms with Crippen LogP contribution in [-0.4, -0.2) is 27.0 Å². The molecule has 2 amide bonds. The Kier molecular flexibility index (Phi) is 2.36. The van der Waals surface area contributed by atoms with Crippen molar-refractivity contribution < 1.29 is 27.2 Å². The topological polar surface area (TPSA) is 79.0 Å². The Morgan fingerprint density at radius 1 is 0.900 bits per heavy atom. The minimum absolute atomic E-state index is 0.239. The highest BCUT2D eigenvalue weighted by Gasteiger charge is 2.45. The molecule has 0 aliphatic carbocycles. The monoisotopic (exact) mass is 286 g/mol. The Morgan fingerprint density at radius 2 is 1.40 bits per heavy atom. The molecule has 2 heterocycles. The average Bonchev–Trinajstić information content (AvgIpc) is 3.01. The van der Waals surface area contributed by atoms with E-state index < -0.39 is 52.2 Å². The van der Waals surface area contributed by atoms with Gasteiger partial charge in [-0.2, -0.15) is 10.1 Å². The van der Waals surface area contributed by atoms with Gasteiger partial charge in [-0.25, -0.2) is 27.6 Å². The largest absolute Gasteiger partial charge is 0.271 e. The van der Waals surface area contributed by atoms with Crippen LogP contribution in [-0.2, 0) is 0 Å². The maximum absolute atomic E-state index is 13.6. The van der Waals surface area contributed by atoms with Crippen molar-refractivity contribution in [1.29, 1.82) is 0 Å². The second kappa shape index (κ2) is 3.85. The number of aromatic nitrogens is 3. The molecule has 6 nitrogen and oxygen atoms in total. The summed E-state index contributed by atoms with van der Waals surface area (Å²) in [6.45, 7) is 0. The minimum Gasteiger partial charge on any atom is -0.268 e. The van der Waals surface area contributed by atoms with Crippen molar-refractivity contribution >= 4 is 17.8 Å². The summed E-state index contributed by atoms with van der Waals surface area (Å²) < 4.78 is 53.3. The molecule has 0 bridgehead atoms. The number of benzene rings is 1. The van der Waals surface area contributed by atoms with Gasteiger partial charge in [-0.1, -0.05) is 0 Å². The second-order valence-electron chi connectivity index (χ2n) is 3.76. The number of anilines is 1. The number of carbonyl (C=O) groups excluding carboxylic acids is 2. The van der Waals surface area contributed by atoms with Gasteiger partial charge in [0.25, 0.3) is 11.8 Å². The highest BCUT2D eigenvalue weighted by Crippen LogP contribution is 2.32. The van der Waals surface area contributed by atoms with Gasteiger partial charge < -0.3 is 0 Å². The zero-order valence-corrected chi connectivity index (χ0v) is 9.25. The summed E-state index contributed by atoms with van der Waals surface area (Å²) in [6, 6.07) is 0. The zero-order chi connectivity index (χ0) is 14.6. The van der Waals surface area contributed by atoms with Gasteiger partial charge >= 0.3 is 0 Å². The first-order chi connectivity index (χ1) is 9.45. The number of amides is 2. The summed E-state index contributed by atoms with van der Waals surface area (Å²) in [5, 5.41) is 5.49. The summed E-state index contributed by atoms with van der Waals surface area (Å²) in [5.41, 5.74) is -2.36. The molecule has 3 rings (SSSR count). The van der Waals surface area contributed by atoms with E-state index in [0.29, 0.717) is 0 Å². The van der Waals surface area contributed by atoms with Gasteiger partial charge in [0.2, 0.25) is 5.95 Å². The third-order valence-electron chi connectivity index (χ3n) is 2.72. The maximum atomic E-state index is 13.6. The van der Waals surface area contributed by atoms with Crippen molar-refractivity contribution in [2.24, 2.45) is 0 Å². The number of hydrogen-bond acceptors (Lipinski definition) is 4. The standard InChI is InChI=1S/C10H2F4N4O2/c11-4-2-3(5(12)7(14)6(4)13)9(20)18(8(2)19)10-15-1-16-17-10/h1H,(H,15,16,17). The molecule has 0 radical (unpaired) electrons. The number of aromatic amines is 1. The van der Waals surface area contributed by atoms with Crippen LogP contribution in [0.5, 0.6) is 0 Å². The predicted molar refractivity (Wildman–Crippen MR) is 53.8 cm³/mol. The van der Waals surface area contributed by atoms with E-state index in [1.807, 2.05) is 0 Å². The smallest absolute Gasteiger partial charge is 0.268 e. The van der Waals surface area contributed by atoms with Gasteiger partial charge in [-0.05, 0) is 0 Å². The minimum atomic E-state index is -2.16. The highest BCUT2D eigenvalue weighted by atomic mass is 19.2. The van der Waals surface area contributed by atoms with Crippen LogP contribution in [0.15, 0.2) is 6.33 Å². The Morgan fingerprint density at radius 3 is 1.80 bits per heavy atom. The first-order valence-electron chi connectivity index (χ1n) is 5.05. The highest BCUT2D eigenvalue weighted by molar-refractivity contribution is 6.34. The lowest BCUT2D eigenvalue weighted by molar-refractivity contribution is 0.0921. The summed E-state index contributed by atoms with van der Waals surface area (Å²) in [7, 11) is 0. The summed E-state index contributed by atoms with van der Waals surface area (Å²) in [5.74, 6) is -11.3. The zero-order valence-electron chi connectivity index (χ0n) is 9.25. The fraction of sp³-hybridized carbons (Fsp3) is 0. The summed E-state index contributed by atoms with van der Waals surface area (Å²) >= 11 is 0. The molecule has 0 saturated carbocycles. The molecular weight excluding hydrogens is 284 g/mol. The van der Waals surface area contributed by atoms with E-state index in [1.165, 1.54) is 0 Å². The normalized spacial score (nSPS) is 14.1. The van der Waals surface area contributed by atoms with Crippen LogP contribution < -0.4 is 4.90 Å². The van der Waals surface area contributed by atoms with Gasteiger partial charge in [0.1, 0.15) is 6.33 Å². The lowest BCUT2D eigenvalue weighted by Gasteiger charge is -2.07. The van der Waals surface area contributed by atoms with Crippen LogP contribution in [0.3, 0.4) is 0 Å². The number of nitrogens with one attached hydrogen (secondary N) is 1. The van der Waals surface area contributed by atoms with E-state index in [9.17, 15) is 27.2 Å². The third kappa shape index (κ3) is 1.32. The van der Waals surface area contributed by atoms with Crippen LogP contribution in [0.4, 0.5) is 23.5 Å². The van der Waals surface area contributed by atoms with E-state index in [1.54, 1.807) is 0 Å². The summed E-state index contributed by atoms with van der Waals surface area (Å²) in [4.78, 5) is 27.4.